The molecule has 0 unspecified atom stereocenters. The van der Waals surface area contributed by atoms with Crippen molar-refractivity contribution in [1.29, 1.82) is 0 Å². The molecule has 0 fully saturated rings. The molecular formula is C15H27IN4O2. The molecule has 0 bridgehead atoms. The normalized spacial score (nSPS) is 10.8. The van der Waals surface area contributed by atoms with Crippen molar-refractivity contribution in [2.24, 2.45) is 4.99 Å². The van der Waals surface area contributed by atoms with Gasteiger partial charge >= 0.3 is 0 Å². The minimum Gasteiger partial charge on any atom is -0.459 e. The first kappa shape index (κ1) is 20.8. The van der Waals surface area contributed by atoms with Gasteiger partial charge in [-0.3, -0.25) is 9.79 Å². The summed E-state index contributed by atoms with van der Waals surface area (Å²) < 4.78 is 5.14. The van der Waals surface area contributed by atoms with E-state index in [9.17, 15) is 4.79 Å². The van der Waals surface area contributed by atoms with Crippen molar-refractivity contribution in [1.82, 2.24) is 16.0 Å². The Morgan fingerprint density at radius 1 is 1.18 bits per heavy atom. The fraction of sp³-hybridized carbons (Fsp3) is 0.600. The fourth-order valence-electron chi connectivity index (χ4n) is 1.79. The van der Waals surface area contributed by atoms with Crippen LogP contribution in [0, 0.1) is 6.92 Å². The number of amides is 1. The van der Waals surface area contributed by atoms with E-state index in [1.165, 1.54) is 6.26 Å². The molecule has 1 aromatic heterocycles. The van der Waals surface area contributed by atoms with Gasteiger partial charge in [0.25, 0.3) is 5.91 Å². The van der Waals surface area contributed by atoms with Crippen LogP contribution in [0.3, 0.4) is 0 Å². The smallest absolute Gasteiger partial charge is 0.287 e. The number of aryl methyl sites for hydroxylation is 1. The number of furan rings is 1. The number of hydrogen-bond donors (Lipinski definition) is 3. The van der Waals surface area contributed by atoms with Crippen molar-refractivity contribution < 1.29 is 9.21 Å². The Hall–Kier alpha value is -1.25. The monoisotopic (exact) mass is 422 g/mol. The number of rotatable bonds is 8. The van der Waals surface area contributed by atoms with Crippen LogP contribution in [-0.2, 0) is 0 Å². The van der Waals surface area contributed by atoms with E-state index in [2.05, 4.69) is 27.9 Å². The predicted octanol–water partition coefficient (Wildman–Crippen LogP) is 2.29. The van der Waals surface area contributed by atoms with E-state index in [1.54, 1.807) is 13.1 Å². The Labute approximate surface area is 149 Å². The molecule has 1 amide bonds. The molecule has 6 nitrogen and oxygen atoms in total. The van der Waals surface area contributed by atoms with Crippen molar-refractivity contribution in [3.8, 4) is 0 Å². The number of guanidine groups is 1. The third-order valence-corrected chi connectivity index (χ3v) is 3.05. The topological polar surface area (TPSA) is 78.7 Å². The lowest BCUT2D eigenvalue weighted by Gasteiger charge is -2.11. The summed E-state index contributed by atoms with van der Waals surface area (Å²) in [6, 6.07) is 1.78. The molecule has 0 aliphatic heterocycles. The average Bonchev–Trinajstić information content (AvgIpc) is 2.91. The maximum atomic E-state index is 11.8. The molecule has 0 aliphatic carbocycles. The largest absolute Gasteiger partial charge is 0.459 e. The number of unbranched alkanes of at least 4 members (excludes halogenated alkanes) is 1. The molecule has 0 aromatic carbocycles. The van der Waals surface area contributed by atoms with Crippen molar-refractivity contribution in [2.75, 3.05) is 26.7 Å². The zero-order valence-corrected chi connectivity index (χ0v) is 15.9. The van der Waals surface area contributed by atoms with Gasteiger partial charge in [-0.15, -0.1) is 24.0 Å². The SMILES string of the molecule is CCCCNC(=NC)NCCCNC(=O)c1occc1C.I. The van der Waals surface area contributed by atoms with Gasteiger partial charge < -0.3 is 20.4 Å². The second-order valence-electron chi connectivity index (χ2n) is 4.82. The van der Waals surface area contributed by atoms with Crippen LogP contribution >= 0.6 is 24.0 Å². The van der Waals surface area contributed by atoms with E-state index < -0.39 is 0 Å². The van der Waals surface area contributed by atoms with E-state index in [0.717, 1.165) is 43.9 Å². The highest BCUT2D eigenvalue weighted by molar-refractivity contribution is 14.0. The van der Waals surface area contributed by atoms with Gasteiger partial charge in [-0.25, -0.2) is 0 Å². The second kappa shape index (κ2) is 12.3. The summed E-state index contributed by atoms with van der Waals surface area (Å²) in [7, 11) is 1.75. The number of halogens is 1. The van der Waals surface area contributed by atoms with E-state index in [1.807, 2.05) is 6.92 Å². The average molecular weight is 422 g/mol. The summed E-state index contributed by atoms with van der Waals surface area (Å²) in [4.78, 5) is 15.9. The van der Waals surface area contributed by atoms with Crippen LogP contribution in [0.4, 0.5) is 0 Å². The number of carbonyl (C=O) groups is 1. The molecule has 3 N–H and O–H groups in total. The van der Waals surface area contributed by atoms with Gasteiger partial charge in [0.1, 0.15) is 0 Å². The van der Waals surface area contributed by atoms with Gasteiger partial charge in [0.15, 0.2) is 11.7 Å². The van der Waals surface area contributed by atoms with E-state index in [4.69, 9.17) is 4.42 Å². The highest BCUT2D eigenvalue weighted by atomic mass is 127. The highest BCUT2D eigenvalue weighted by Crippen LogP contribution is 2.07. The van der Waals surface area contributed by atoms with E-state index in [0.29, 0.717) is 12.3 Å². The van der Waals surface area contributed by atoms with Crippen molar-refractivity contribution >= 4 is 35.8 Å². The first-order valence-corrected chi connectivity index (χ1v) is 7.45. The Morgan fingerprint density at radius 3 is 2.36 bits per heavy atom. The number of aliphatic imine (C=N–C) groups is 1. The summed E-state index contributed by atoms with van der Waals surface area (Å²) in [6.45, 7) is 6.28. The van der Waals surface area contributed by atoms with Gasteiger partial charge in [0, 0.05) is 32.2 Å². The molecule has 0 atom stereocenters. The molecule has 126 valence electrons. The predicted molar refractivity (Wildman–Crippen MR) is 100 cm³/mol. The Kier molecular flexibility index (Phi) is 11.6. The first-order valence-electron chi connectivity index (χ1n) is 7.45. The molecule has 7 heteroatoms. The standard InChI is InChI=1S/C15H26N4O2.HI/c1-4-5-8-18-15(16-3)19-10-6-9-17-14(20)13-12(2)7-11-21-13;/h7,11H,4-6,8-10H2,1-3H3,(H,17,20)(H2,16,18,19);1H. The van der Waals surface area contributed by atoms with Gasteiger partial charge in [-0.1, -0.05) is 13.3 Å². The minimum absolute atomic E-state index is 0. The van der Waals surface area contributed by atoms with Crippen LogP contribution in [0.1, 0.15) is 42.3 Å². The number of nitrogens with one attached hydrogen (secondary N) is 3. The maximum absolute atomic E-state index is 11.8. The van der Waals surface area contributed by atoms with E-state index >= 15 is 0 Å². The molecule has 22 heavy (non-hydrogen) atoms. The van der Waals surface area contributed by atoms with Crippen LogP contribution < -0.4 is 16.0 Å². The number of carbonyl (C=O) groups excluding carboxylic acids is 1. The summed E-state index contributed by atoms with van der Waals surface area (Å²) in [5.41, 5.74) is 0.853. The van der Waals surface area contributed by atoms with Crippen LogP contribution in [0.25, 0.3) is 0 Å². The van der Waals surface area contributed by atoms with E-state index in [-0.39, 0.29) is 29.9 Å². The van der Waals surface area contributed by atoms with Gasteiger partial charge in [0.05, 0.1) is 6.26 Å². The van der Waals surface area contributed by atoms with Crippen LogP contribution in [0.2, 0.25) is 0 Å². The minimum atomic E-state index is -0.164. The molecular weight excluding hydrogens is 395 g/mol. The van der Waals surface area contributed by atoms with Crippen LogP contribution in [-0.4, -0.2) is 38.5 Å². The number of nitrogens with zero attached hydrogens (tertiary/aromatic N) is 1. The fourth-order valence-corrected chi connectivity index (χ4v) is 1.79. The third-order valence-electron chi connectivity index (χ3n) is 3.05. The van der Waals surface area contributed by atoms with Crippen LogP contribution in [0.15, 0.2) is 21.7 Å². The summed E-state index contributed by atoms with van der Waals surface area (Å²) >= 11 is 0. The Bertz CT molecular complexity index is 460. The highest BCUT2D eigenvalue weighted by Gasteiger charge is 2.11. The molecule has 0 saturated heterocycles. The lowest BCUT2D eigenvalue weighted by molar-refractivity contribution is 0.0925. The molecule has 1 heterocycles. The number of hydrogen-bond acceptors (Lipinski definition) is 3. The first-order chi connectivity index (χ1) is 10.2. The zero-order chi connectivity index (χ0) is 15.5. The summed E-state index contributed by atoms with van der Waals surface area (Å²) in [6.07, 6.45) is 4.62. The Morgan fingerprint density at radius 2 is 1.82 bits per heavy atom. The van der Waals surface area contributed by atoms with Crippen LogP contribution in [0.5, 0.6) is 0 Å². The molecule has 1 rings (SSSR count). The van der Waals surface area contributed by atoms with Crippen molar-refractivity contribution in [2.45, 2.75) is 33.1 Å². The lowest BCUT2D eigenvalue weighted by atomic mass is 10.2. The van der Waals surface area contributed by atoms with Gasteiger partial charge in [0.2, 0.25) is 0 Å². The third kappa shape index (κ3) is 7.67. The quantitative estimate of drug-likeness (QED) is 0.260. The molecule has 0 saturated carbocycles. The zero-order valence-electron chi connectivity index (χ0n) is 13.6. The lowest BCUT2D eigenvalue weighted by Crippen LogP contribution is -2.39. The maximum Gasteiger partial charge on any atom is 0.287 e. The van der Waals surface area contributed by atoms with Crippen molar-refractivity contribution in [3.63, 3.8) is 0 Å². The van der Waals surface area contributed by atoms with Crippen molar-refractivity contribution in [3.05, 3.63) is 23.7 Å². The Balaban J connectivity index is 0.00000441. The molecule has 1 aromatic rings. The molecule has 0 spiro atoms. The molecule has 0 aliphatic rings. The molecule has 0 radical (unpaired) electrons. The summed E-state index contributed by atoms with van der Waals surface area (Å²) in [5.74, 6) is 1.03. The van der Waals surface area contributed by atoms with Gasteiger partial charge in [-0.2, -0.15) is 0 Å². The second-order valence-corrected chi connectivity index (χ2v) is 4.82. The summed E-state index contributed by atoms with van der Waals surface area (Å²) in [5, 5.41) is 9.29. The van der Waals surface area contributed by atoms with Gasteiger partial charge in [-0.05, 0) is 25.8 Å².